The van der Waals surface area contributed by atoms with Crippen LogP contribution in [0.4, 0.5) is 0 Å². The number of amides is 1. The molecule has 0 N–H and O–H groups in total. The van der Waals surface area contributed by atoms with Crippen LogP contribution in [0.2, 0.25) is 5.02 Å². The zero-order valence-electron chi connectivity index (χ0n) is 15.0. The van der Waals surface area contributed by atoms with Crippen LogP contribution in [-0.4, -0.2) is 36.7 Å². The summed E-state index contributed by atoms with van der Waals surface area (Å²) in [5.41, 5.74) is 1.70. The van der Waals surface area contributed by atoms with E-state index in [2.05, 4.69) is 0 Å². The van der Waals surface area contributed by atoms with Crippen LogP contribution < -0.4 is 4.74 Å². The molecule has 4 nitrogen and oxygen atoms in total. The smallest absolute Gasteiger partial charge is 0.254 e. The molecule has 1 atom stereocenters. The first-order valence-electron chi connectivity index (χ1n) is 9.04. The molecule has 0 aromatic heterocycles. The number of carbonyl (C=O) groups is 1. The van der Waals surface area contributed by atoms with Gasteiger partial charge in [-0.15, -0.1) is 0 Å². The lowest BCUT2D eigenvalue weighted by Gasteiger charge is -2.26. The molecule has 1 aliphatic rings. The Morgan fingerprint density at radius 2 is 1.92 bits per heavy atom. The molecule has 0 spiro atoms. The Kier molecular flexibility index (Phi) is 6.53. The summed E-state index contributed by atoms with van der Waals surface area (Å²) in [5, 5.41) is 0.692. The van der Waals surface area contributed by atoms with Gasteiger partial charge in [0.05, 0.1) is 12.7 Å². The Morgan fingerprint density at radius 1 is 1.19 bits per heavy atom. The second-order valence-electron chi connectivity index (χ2n) is 6.40. The van der Waals surface area contributed by atoms with Gasteiger partial charge >= 0.3 is 0 Å². The topological polar surface area (TPSA) is 38.8 Å². The van der Waals surface area contributed by atoms with E-state index in [1.807, 2.05) is 60.4 Å². The summed E-state index contributed by atoms with van der Waals surface area (Å²) in [6.07, 6.45) is 2.15. The third-order valence-corrected chi connectivity index (χ3v) is 4.69. The molecule has 0 saturated carbocycles. The Balaban J connectivity index is 1.76. The van der Waals surface area contributed by atoms with E-state index in [1.165, 1.54) is 0 Å². The van der Waals surface area contributed by atoms with Crippen LogP contribution in [0.25, 0.3) is 0 Å². The van der Waals surface area contributed by atoms with Crippen LogP contribution in [-0.2, 0) is 11.3 Å². The van der Waals surface area contributed by atoms with Crippen molar-refractivity contribution in [1.82, 2.24) is 4.90 Å². The highest BCUT2D eigenvalue weighted by molar-refractivity contribution is 6.30. The average Bonchev–Trinajstić information content (AvgIpc) is 3.16. The third-order valence-electron chi connectivity index (χ3n) is 4.43. The Labute approximate surface area is 159 Å². The fraction of sp³-hybridized carbons (Fsp3) is 0.381. The van der Waals surface area contributed by atoms with Crippen LogP contribution >= 0.6 is 11.6 Å². The normalized spacial score (nSPS) is 16.5. The molecule has 1 amide bonds. The standard InChI is InChI=1S/C21H24ClNO3/c1-2-25-19-11-7-17(8-12-19)21(24)23(15-20-4-3-13-26-20)14-16-5-9-18(22)10-6-16/h5-12,20H,2-4,13-15H2,1H3. The van der Waals surface area contributed by atoms with Crippen molar-refractivity contribution < 1.29 is 14.3 Å². The van der Waals surface area contributed by atoms with Gasteiger partial charge in [-0.1, -0.05) is 23.7 Å². The summed E-state index contributed by atoms with van der Waals surface area (Å²) in [6.45, 7) is 4.44. The number of halogens is 1. The minimum Gasteiger partial charge on any atom is -0.494 e. The fourth-order valence-electron chi connectivity index (χ4n) is 3.11. The predicted molar refractivity (Wildman–Crippen MR) is 103 cm³/mol. The van der Waals surface area contributed by atoms with Crippen molar-refractivity contribution in [2.24, 2.45) is 0 Å². The first-order valence-corrected chi connectivity index (χ1v) is 9.41. The molecular weight excluding hydrogens is 350 g/mol. The van der Waals surface area contributed by atoms with Gasteiger partial charge in [-0.05, 0) is 61.7 Å². The summed E-state index contributed by atoms with van der Waals surface area (Å²) < 4.78 is 11.2. The van der Waals surface area contributed by atoms with E-state index in [0.29, 0.717) is 30.3 Å². The first-order chi connectivity index (χ1) is 12.7. The van der Waals surface area contributed by atoms with Gasteiger partial charge in [0, 0.05) is 30.3 Å². The fourth-order valence-corrected chi connectivity index (χ4v) is 3.23. The van der Waals surface area contributed by atoms with Gasteiger partial charge in [0.1, 0.15) is 5.75 Å². The molecule has 26 heavy (non-hydrogen) atoms. The molecular formula is C21H24ClNO3. The summed E-state index contributed by atoms with van der Waals surface area (Å²) in [7, 11) is 0. The van der Waals surface area contributed by atoms with E-state index < -0.39 is 0 Å². The number of hydrogen-bond donors (Lipinski definition) is 0. The van der Waals surface area contributed by atoms with Crippen molar-refractivity contribution in [3.05, 3.63) is 64.7 Å². The van der Waals surface area contributed by atoms with Crippen molar-refractivity contribution in [2.75, 3.05) is 19.8 Å². The van der Waals surface area contributed by atoms with Gasteiger partial charge in [0.2, 0.25) is 0 Å². The molecule has 0 bridgehead atoms. The average molecular weight is 374 g/mol. The van der Waals surface area contributed by atoms with Crippen LogP contribution in [0.1, 0.15) is 35.7 Å². The zero-order chi connectivity index (χ0) is 18.4. The molecule has 1 fully saturated rings. The molecule has 138 valence electrons. The first kappa shape index (κ1) is 18.7. The van der Waals surface area contributed by atoms with Crippen molar-refractivity contribution >= 4 is 17.5 Å². The molecule has 1 aliphatic heterocycles. The molecule has 0 radical (unpaired) electrons. The number of ether oxygens (including phenoxy) is 2. The van der Waals surface area contributed by atoms with Crippen molar-refractivity contribution in [1.29, 1.82) is 0 Å². The SMILES string of the molecule is CCOc1ccc(C(=O)N(Cc2ccc(Cl)cc2)CC2CCCO2)cc1. The van der Waals surface area contributed by atoms with E-state index in [1.54, 1.807) is 0 Å². The second-order valence-corrected chi connectivity index (χ2v) is 6.84. The monoisotopic (exact) mass is 373 g/mol. The molecule has 1 saturated heterocycles. The van der Waals surface area contributed by atoms with Gasteiger partial charge in [-0.25, -0.2) is 0 Å². The molecule has 1 unspecified atom stereocenters. The Hall–Kier alpha value is -2.04. The molecule has 5 heteroatoms. The Bertz CT molecular complexity index is 709. The maximum absolute atomic E-state index is 13.1. The van der Waals surface area contributed by atoms with E-state index in [-0.39, 0.29) is 12.0 Å². The zero-order valence-corrected chi connectivity index (χ0v) is 15.7. The van der Waals surface area contributed by atoms with E-state index >= 15 is 0 Å². The quantitative estimate of drug-likeness (QED) is 0.714. The maximum atomic E-state index is 13.1. The summed E-state index contributed by atoms with van der Waals surface area (Å²) in [5.74, 6) is 0.769. The number of benzene rings is 2. The minimum absolute atomic E-state index is 0.00139. The number of hydrogen-bond acceptors (Lipinski definition) is 3. The lowest BCUT2D eigenvalue weighted by atomic mass is 10.1. The van der Waals surface area contributed by atoms with Gasteiger partial charge < -0.3 is 14.4 Å². The van der Waals surface area contributed by atoms with Crippen LogP contribution in [0.15, 0.2) is 48.5 Å². The van der Waals surface area contributed by atoms with Gasteiger partial charge in [0.25, 0.3) is 5.91 Å². The van der Waals surface area contributed by atoms with Crippen molar-refractivity contribution in [3.63, 3.8) is 0 Å². The molecule has 2 aromatic rings. The lowest BCUT2D eigenvalue weighted by molar-refractivity contribution is 0.0507. The third kappa shape index (κ3) is 4.99. The largest absolute Gasteiger partial charge is 0.494 e. The minimum atomic E-state index is -0.00139. The molecule has 3 rings (SSSR count). The van der Waals surface area contributed by atoms with Crippen LogP contribution in [0.5, 0.6) is 5.75 Å². The number of nitrogens with zero attached hydrogens (tertiary/aromatic N) is 1. The number of carbonyl (C=O) groups excluding carboxylic acids is 1. The lowest BCUT2D eigenvalue weighted by Crippen LogP contribution is -2.36. The van der Waals surface area contributed by atoms with Crippen LogP contribution in [0, 0.1) is 0 Å². The van der Waals surface area contributed by atoms with E-state index in [0.717, 1.165) is 30.8 Å². The molecule has 2 aromatic carbocycles. The summed E-state index contributed by atoms with van der Waals surface area (Å²) >= 11 is 5.97. The van der Waals surface area contributed by atoms with Gasteiger partial charge in [-0.3, -0.25) is 4.79 Å². The van der Waals surface area contributed by atoms with Crippen molar-refractivity contribution in [3.8, 4) is 5.75 Å². The van der Waals surface area contributed by atoms with Gasteiger partial charge in [0.15, 0.2) is 0 Å². The second kappa shape index (κ2) is 9.06. The summed E-state index contributed by atoms with van der Waals surface area (Å²) in [4.78, 5) is 14.9. The maximum Gasteiger partial charge on any atom is 0.254 e. The van der Waals surface area contributed by atoms with Crippen molar-refractivity contribution in [2.45, 2.75) is 32.4 Å². The molecule has 0 aliphatic carbocycles. The van der Waals surface area contributed by atoms with Gasteiger partial charge in [-0.2, -0.15) is 0 Å². The van der Waals surface area contributed by atoms with E-state index in [4.69, 9.17) is 21.1 Å². The van der Waals surface area contributed by atoms with E-state index in [9.17, 15) is 4.79 Å². The Morgan fingerprint density at radius 3 is 2.54 bits per heavy atom. The highest BCUT2D eigenvalue weighted by Gasteiger charge is 2.23. The van der Waals surface area contributed by atoms with Crippen LogP contribution in [0.3, 0.4) is 0 Å². The predicted octanol–water partition coefficient (Wildman–Crippen LogP) is 4.56. The highest BCUT2D eigenvalue weighted by Crippen LogP contribution is 2.20. The molecule has 1 heterocycles. The number of rotatable bonds is 7. The highest BCUT2D eigenvalue weighted by atomic mass is 35.5. The summed E-state index contributed by atoms with van der Waals surface area (Å²) in [6, 6.07) is 14.9.